The Bertz CT molecular complexity index is 583. The van der Waals surface area contributed by atoms with Gasteiger partial charge in [-0.05, 0) is 25.5 Å². The van der Waals surface area contributed by atoms with Crippen LogP contribution >= 0.6 is 0 Å². The molecular weight excluding hydrogens is 254 g/mol. The van der Waals surface area contributed by atoms with Crippen molar-refractivity contribution in [2.45, 2.75) is 26.7 Å². The lowest BCUT2D eigenvalue weighted by atomic mass is 10.1. The van der Waals surface area contributed by atoms with Crippen molar-refractivity contribution in [2.75, 3.05) is 0 Å². The highest BCUT2D eigenvalue weighted by molar-refractivity contribution is 6.11. The second-order valence-electron chi connectivity index (χ2n) is 4.50. The summed E-state index contributed by atoms with van der Waals surface area (Å²) in [6.07, 6.45) is 2.64. The normalized spacial score (nSPS) is 11.4. The molecule has 0 fully saturated rings. The first-order valence-electron chi connectivity index (χ1n) is 6.59. The molecule has 0 aliphatic heterocycles. The van der Waals surface area contributed by atoms with Crippen molar-refractivity contribution >= 4 is 11.7 Å². The van der Waals surface area contributed by atoms with Gasteiger partial charge in [-0.15, -0.1) is 0 Å². The Morgan fingerprint density at radius 1 is 1.25 bits per heavy atom. The summed E-state index contributed by atoms with van der Waals surface area (Å²) in [5.41, 5.74) is 2.50. The van der Waals surface area contributed by atoms with Gasteiger partial charge >= 0.3 is 5.97 Å². The molecule has 1 aromatic carbocycles. The van der Waals surface area contributed by atoms with Crippen LogP contribution in [0.4, 0.5) is 0 Å². The zero-order valence-electron chi connectivity index (χ0n) is 11.6. The van der Waals surface area contributed by atoms with Crippen molar-refractivity contribution in [1.82, 2.24) is 0 Å². The van der Waals surface area contributed by atoms with E-state index in [1.54, 1.807) is 18.4 Å². The highest BCUT2D eigenvalue weighted by atomic mass is 16.7. The average molecular weight is 271 g/mol. The highest BCUT2D eigenvalue weighted by Gasteiger charge is 2.12. The maximum absolute atomic E-state index is 11.4. The smallest absolute Gasteiger partial charge is 0.335 e. The molecule has 0 amide bonds. The van der Waals surface area contributed by atoms with E-state index in [-0.39, 0.29) is 5.97 Å². The fraction of sp³-hybridized carbons (Fsp3) is 0.250. The third-order valence-electron chi connectivity index (χ3n) is 2.77. The standard InChI is InChI=1S/C16H17NO3/c1-3-5-15(18)20-17-16(14-6-4-11-19-14)13-9-7-12(2)8-10-13/h4,6-11H,3,5H2,1-2H3/b17-16+. The zero-order valence-corrected chi connectivity index (χ0v) is 11.6. The molecule has 0 atom stereocenters. The van der Waals surface area contributed by atoms with Crippen LogP contribution in [0.25, 0.3) is 0 Å². The Balaban J connectivity index is 2.28. The van der Waals surface area contributed by atoms with Crippen molar-refractivity contribution in [3.8, 4) is 0 Å². The quantitative estimate of drug-likeness (QED) is 0.473. The Labute approximate surface area is 118 Å². The van der Waals surface area contributed by atoms with Crippen molar-refractivity contribution in [3.05, 3.63) is 59.5 Å². The molecule has 4 nitrogen and oxygen atoms in total. The van der Waals surface area contributed by atoms with E-state index in [2.05, 4.69) is 5.16 Å². The lowest BCUT2D eigenvalue weighted by Crippen LogP contribution is -2.06. The van der Waals surface area contributed by atoms with Gasteiger partial charge in [0.25, 0.3) is 0 Å². The van der Waals surface area contributed by atoms with Crippen LogP contribution in [0.1, 0.15) is 36.7 Å². The van der Waals surface area contributed by atoms with Crippen LogP contribution in [0.5, 0.6) is 0 Å². The average Bonchev–Trinajstić information content (AvgIpc) is 2.95. The van der Waals surface area contributed by atoms with Crippen LogP contribution in [-0.4, -0.2) is 11.7 Å². The summed E-state index contributed by atoms with van der Waals surface area (Å²) in [6, 6.07) is 11.3. The van der Waals surface area contributed by atoms with Gasteiger partial charge in [0, 0.05) is 12.0 Å². The number of oxime groups is 1. The number of aryl methyl sites for hydroxylation is 1. The van der Waals surface area contributed by atoms with Crippen LogP contribution in [0.2, 0.25) is 0 Å². The van der Waals surface area contributed by atoms with Crippen molar-refractivity contribution in [3.63, 3.8) is 0 Å². The first-order valence-corrected chi connectivity index (χ1v) is 6.59. The molecule has 0 radical (unpaired) electrons. The third-order valence-corrected chi connectivity index (χ3v) is 2.77. The van der Waals surface area contributed by atoms with Crippen LogP contribution in [-0.2, 0) is 9.63 Å². The summed E-state index contributed by atoms with van der Waals surface area (Å²) in [5, 5.41) is 3.96. The van der Waals surface area contributed by atoms with Crippen molar-refractivity contribution in [1.29, 1.82) is 0 Å². The molecule has 2 aromatic rings. The molecule has 0 N–H and O–H groups in total. The van der Waals surface area contributed by atoms with Gasteiger partial charge in [0.15, 0.2) is 11.5 Å². The highest BCUT2D eigenvalue weighted by Crippen LogP contribution is 2.13. The number of furan rings is 1. The Morgan fingerprint density at radius 2 is 2.00 bits per heavy atom. The second-order valence-corrected chi connectivity index (χ2v) is 4.50. The second kappa shape index (κ2) is 6.70. The van der Waals surface area contributed by atoms with E-state index in [1.807, 2.05) is 38.1 Å². The number of carbonyl (C=O) groups is 1. The predicted octanol–water partition coefficient (Wildman–Crippen LogP) is 3.68. The largest absolute Gasteiger partial charge is 0.463 e. The van der Waals surface area contributed by atoms with E-state index in [4.69, 9.17) is 9.25 Å². The zero-order chi connectivity index (χ0) is 14.4. The SMILES string of the molecule is CCCC(=O)O/N=C(\c1ccc(C)cc1)c1ccco1. The maximum atomic E-state index is 11.4. The van der Waals surface area contributed by atoms with Crippen LogP contribution in [0.15, 0.2) is 52.2 Å². The summed E-state index contributed by atoms with van der Waals surface area (Å²) in [6.45, 7) is 3.92. The summed E-state index contributed by atoms with van der Waals surface area (Å²) in [7, 11) is 0. The van der Waals surface area contributed by atoms with E-state index in [0.717, 1.165) is 17.5 Å². The number of benzene rings is 1. The molecule has 0 aliphatic rings. The van der Waals surface area contributed by atoms with Gasteiger partial charge in [-0.3, -0.25) is 0 Å². The molecule has 1 aromatic heterocycles. The van der Waals surface area contributed by atoms with E-state index in [0.29, 0.717) is 17.9 Å². The van der Waals surface area contributed by atoms with Crippen molar-refractivity contribution < 1.29 is 14.0 Å². The Hall–Kier alpha value is -2.36. The number of nitrogens with zero attached hydrogens (tertiary/aromatic N) is 1. The molecule has 0 saturated carbocycles. The molecule has 104 valence electrons. The summed E-state index contributed by atoms with van der Waals surface area (Å²) in [5.74, 6) is 0.224. The van der Waals surface area contributed by atoms with Crippen LogP contribution < -0.4 is 0 Å². The fourth-order valence-electron chi connectivity index (χ4n) is 1.71. The van der Waals surface area contributed by atoms with Gasteiger partial charge in [-0.1, -0.05) is 41.9 Å². The number of hydrogen-bond acceptors (Lipinski definition) is 4. The maximum Gasteiger partial charge on any atom is 0.335 e. The van der Waals surface area contributed by atoms with Gasteiger partial charge in [-0.25, -0.2) is 4.79 Å². The molecule has 4 heteroatoms. The number of rotatable bonds is 5. The lowest BCUT2D eigenvalue weighted by molar-refractivity contribution is -0.143. The van der Waals surface area contributed by atoms with Gasteiger partial charge in [-0.2, -0.15) is 0 Å². The number of carbonyl (C=O) groups excluding carboxylic acids is 1. The first kappa shape index (κ1) is 14.1. The molecule has 0 aliphatic carbocycles. The number of hydrogen-bond donors (Lipinski definition) is 0. The molecule has 0 spiro atoms. The summed E-state index contributed by atoms with van der Waals surface area (Å²) in [4.78, 5) is 16.4. The minimum atomic E-state index is -0.344. The molecule has 0 unspecified atom stereocenters. The third kappa shape index (κ3) is 3.57. The predicted molar refractivity (Wildman–Crippen MR) is 76.5 cm³/mol. The topological polar surface area (TPSA) is 51.8 Å². The summed E-state index contributed by atoms with van der Waals surface area (Å²) < 4.78 is 5.35. The van der Waals surface area contributed by atoms with Gasteiger partial charge in [0.1, 0.15) is 0 Å². The first-order chi connectivity index (χ1) is 9.70. The van der Waals surface area contributed by atoms with Crippen molar-refractivity contribution in [2.24, 2.45) is 5.16 Å². The van der Waals surface area contributed by atoms with Gasteiger partial charge < -0.3 is 9.25 Å². The van der Waals surface area contributed by atoms with Gasteiger partial charge in [0.2, 0.25) is 0 Å². The molecule has 2 rings (SSSR count). The molecular formula is C16H17NO3. The van der Waals surface area contributed by atoms with Crippen LogP contribution in [0.3, 0.4) is 0 Å². The minimum Gasteiger partial charge on any atom is -0.463 e. The molecule has 0 saturated heterocycles. The van der Waals surface area contributed by atoms with E-state index < -0.39 is 0 Å². The molecule has 1 heterocycles. The van der Waals surface area contributed by atoms with E-state index >= 15 is 0 Å². The molecule has 20 heavy (non-hydrogen) atoms. The Morgan fingerprint density at radius 3 is 2.60 bits per heavy atom. The van der Waals surface area contributed by atoms with Gasteiger partial charge in [0.05, 0.1) is 6.26 Å². The molecule has 0 bridgehead atoms. The fourth-order valence-corrected chi connectivity index (χ4v) is 1.71. The minimum absolute atomic E-state index is 0.344. The van der Waals surface area contributed by atoms with E-state index in [9.17, 15) is 4.79 Å². The van der Waals surface area contributed by atoms with E-state index in [1.165, 1.54) is 0 Å². The lowest BCUT2D eigenvalue weighted by Gasteiger charge is -2.04. The summed E-state index contributed by atoms with van der Waals surface area (Å²) >= 11 is 0. The van der Waals surface area contributed by atoms with Crippen LogP contribution in [0, 0.1) is 6.92 Å². The monoisotopic (exact) mass is 271 g/mol. The Kier molecular flexibility index (Phi) is 4.71.